The van der Waals surface area contributed by atoms with Gasteiger partial charge in [-0.1, -0.05) is 24.6 Å². The van der Waals surface area contributed by atoms with Crippen LogP contribution in [0.3, 0.4) is 0 Å². The second-order valence-corrected chi connectivity index (χ2v) is 6.34. The van der Waals surface area contributed by atoms with Gasteiger partial charge < -0.3 is 9.15 Å². The van der Waals surface area contributed by atoms with Gasteiger partial charge in [0.25, 0.3) is 0 Å². The van der Waals surface area contributed by atoms with Crippen molar-refractivity contribution in [2.24, 2.45) is 0 Å². The molecule has 128 valence electrons. The first-order valence-corrected chi connectivity index (χ1v) is 8.44. The van der Waals surface area contributed by atoms with Gasteiger partial charge in [-0.2, -0.15) is 0 Å². The molecule has 0 amide bonds. The number of nitrogens with zero attached hydrogens (tertiary/aromatic N) is 2. The normalized spacial score (nSPS) is 18.5. The average Bonchev–Trinajstić information content (AvgIpc) is 2.95. The fourth-order valence-electron chi connectivity index (χ4n) is 3.28. The number of likely N-dealkylation sites (tertiary alicyclic amines) is 1. The van der Waals surface area contributed by atoms with Crippen LogP contribution in [0, 0.1) is 13.8 Å². The molecule has 1 aliphatic rings. The van der Waals surface area contributed by atoms with Crippen LogP contribution < -0.4 is 0 Å². The molecule has 1 atom stereocenters. The van der Waals surface area contributed by atoms with Crippen LogP contribution >= 0.6 is 0 Å². The molecule has 1 unspecified atom stereocenters. The van der Waals surface area contributed by atoms with Crippen LogP contribution in [0.25, 0.3) is 11.5 Å². The van der Waals surface area contributed by atoms with Crippen LogP contribution in [0.1, 0.15) is 36.3 Å². The Morgan fingerprint density at radius 3 is 2.88 bits per heavy atom. The van der Waals surface area contributed by atoms with Gasteiger partial charge in [0, 0.05) is 12.1 Å². The number of benzene rings is 1. The standard InChI is InChI=1S/C19H24N2O3/c1-13-8-4-5-9-15(13)18-20-16(14(2)24-18)12-21-11-7-6-10-17(21)19(22)23-3/h4-5,8-9,17H,6-7,10-12H2,1-3H3. The van der Waals surface area contributed by atoms with Crippen molar-refractivity contribution in [3.8, 4) is 11.5 Å². The number of esters is 1. The van der Waals surface area contributed by atoms with Crippen LogP contribution in [0.5, 0.6) is 0 Å². The molecule has 5 heteroatoms. The number of oxazole rings is 1. The Bertz CT molecular complexity index is 723. The van der Waals surface area contributed by atoms with Gasteiger partial charge in [-0.15, -0.1) is 0 Å². The fraction of sp³-hybridized carbons (Fsp3) is 0.474. The number of rotatable bonds is 4. The topological polar surface area (TPSA) is 55.6 Å². The summed E-state index contributed by atoms with van der Waals surface area (Å²) in [6.45, 7) is 5.47. The summed E-state index contributed by atoms with van der Waals surface area (Å²) in [5.41, 5.74) is 3.04. The summed E-state index contributed by atoms with van der Waals surface area (Å²) in [6.07, 6.45) is 2.99. The molecule has 1 saturated heterocycles. The van der Waals surface area contributed by atoms with Crippen molar-refractivity contribution in [3.05, 3.63) is 41.3 Å². The second-order valence-electron chi connectivity index (χ2n) is 6.34. The number of carbonyl (C=O) groups is 1. The summed E-state index contributed by atoms with van der Waals surface area (Å²) in [6, 6.07) is 7.88. The lowest BCUT2D eigenvalue weighted by atomic mass is 10.0. The highest BCUT2D eigenvalue weighted by atomic mass is 16.5. The Morgan fingerprint density at radius 1 is 1.33 bits per heavy atom. The molecule has 2 aromatic rings. The largest absolute Gasteiger partial charge is 0.468 e. The number of aryl methyl sites for hydroxylation is 2. The summed E-state index contributed by atoms with van der Waals surface area (Å²) in [5, 5.41) is 0. The lowest BCUT2D eigenvalue weighted by Crippen LogP contribution is -2.44. The van der Waals surface area contributed by atoms with Crippen LogP contribution in [0.4, 0.5) is 0 Å². The lowest BCUT2D eigenvalue weighted by molar-refractivity contribution is -0.148. The van der Waals surface area contributed by atoms with E-state index in [1.165, 1.54) is 7.11 Å². The number of hydrogen-bond donors (Lipinski definition) is 0. The zero-order chi connectivity index (χ0) is 17.1. The summed E-state index contributed by atoms with van der Waals surface area (Å²) < 4.78 is 10.8. The molecule has 1 aliphatic heterocycles. The van der Waals surface area contributed by atoms with Gasteiger partial charge >= 0.3 is 5.97 Å². The van der Waals surface area contributed by atoms with E-state index in [4.69, 9.17) is 14.1 Å². The SMILES string of the molecule is COC(=O)C1CCCCN1Cc1nc(-c2ccccc2C)oc1C. The van der Waals surface area contributed by atoms with Crippen molar-refractivity contribution in [1.82, 2.24) is 9.88 Å². The van der Waals surface area contributed by atoms with E-state index >= 15 is 0 Å². The van der Waals surface area contributed by atoms with Crippen molar-refractivity contribution in [1.29, 1.82) is 0 Å². The van der Waals surface area contributed by atoms with Crippen LogP contribution in [0.2, 0.25) is 0 Å². The van der Waals surface area contributed by atoms with E-state index in [-0.39, 0.29) is 12.0 Å². The van der Waals surface area contributed by atoms with Gasteiger partial charge in [0.2, 0.25) is 5.89 Å². The molecule has 0 N–H and O–H groups in total. The number of piperidine rings is 1. The van der Waals surface area contributed by atoms with Gasteiger partial charge in [0.15, 0.2) is 0 Å². The molecule has 0 spiro atoms. The molecular weight excluding hydrogens is 304 g/mol. The van der Waals surface area contributed by atoms with Gasteiger partial charge in [0.05, 0.1) is 12.8 Å². The Kier molecular flexibility index (Phi) is 5.00. The second kappa shape index (κ2) is 7.18. The van der Waals surface area contributed by atoms with Crippen molar-refractivity contribution in [2.45, 2.75) is 45.7 Å². The zero-order valence-corrected chi connectivity index (χ0v) is 14.5. The van der Waals surface area contributed by atoms with Crippen molar-refractivity contribution >= 4 is 5.97 Å². The van der Waals surface area contributed by atoms with E-state index in [9.17, 15) is 4.79 Å². The van der Waals surface area contributed by atoms with Crippen LogP contribution in [-0.4, -0.2) is 35.5 Å². The van der Waals surface area contributed by atoms with E-state index in [2.05, 4.69) is 4.90 Å². The number of hydrogen-bond acceptors (Lipinski definition) is 5. The maximum absolute atomic E-state index is 12.0. The molecule has 5 nitrogen and oxygen atoms in total. The molecule has 1 aromatic carbocycles. The third kappa shape index (κ3) is 3.36. The third-order valence-corrected chi connectivity index (χ3v) is 4.71. The van der Waals surface area contributed by atoms with Gasteiger partial charge in [-0.25, -0.2) is 4.98 Å². The molecule has 24 heavy (non-hydrogen) atoms. The molecule has 3 rings (SSSR count). The zero-order valence-electron chi connectivity index (χ0n) is 14.5. The van der Waals surface area contributed by atoms with E-state index < -0.39 is 0 Å². The first kappa shape index (κ1) is 16.7. The Hall–Kier alpha value is -2.14. The van der Waals surface area contributed by atoms with Crippen molar-refractivity contribution in [3.63, 3.8) is 0 Å². The number of aromatic nitrogens is 1. The molecule has 0 aliphatic carbocycles. The van der Waals surface area contributed by atoms with Gasteiger partial charge in [-0.3, -0.25) is 9.69 Å². The molecular formula is C19H24N2O3. The number of carbonyl (C=O) groups excluding carboxylic acids is 1. The van der Waals surface area contributed by atoms with E-state index in [0.29, 0.717) is 12.4 Å². The van der Waals surface area contributed by atoms with Crippen LogP contribution in [-0.2, 0) is 16.1 Å². The highest BCUT2D eigenvalue weighted by molar-refractivity contribution is 5.75. The number of methoxy groups -OCH3 is 1. The molecule has 0 bridgehead atoms. The van der Waals surface area contributed by atoms with Crippen molar-refractivity contribution in [2.75, 3.05) is 13.7 Å². The molecule has 1 aromatic heterocycles. The minimum absolute atomic E-state index is 0.157. The smallest absolute Gasteiger partial charge is 0.323 e. The predicted octanol–water partition coefficient (Wildman–Crippen LogP) is 3.49. The van der Waals surface area contributed by atoms with E-state index in [1.807, 2.05) is 38.1 Å². The van der Waals surface area contributed by atoms with Crippen molar-refractivity contribution < 1.29 is 13.9 Å². The third-order valence-electron chi connectivity index (χ3n) is 4.71. The monoisotopic (exact) mass is 328 g/mol. The summed E-state index contributed by atoms with van der Waals surface area (Å²) >= 11 is 0. The Morgan fingerprint density at radius 2 is 2.12 bits per heavy atom. The quantitative estimate of drug-likeness (QED) is 0.804. The van der Waals surface area contributed by atoms with E-state index in [1.54, 1.807) is 0 Å². The highest BCUT2D eigenvalue weighted by Gasteiger charge is 2.30. The fourth-order valence-corrected chi connectivity index (χ4v) is 3.28. The minimum atomic E-state index is -0.179. The molecule has 2 heterocycles. The van der Waals surface area contributed by atoms with Gasteiger partial charge in [0.1, 0.15) is 11.8 Å². The summed E-state index contributed by atoms with van der Waals surface area (Å²) in [5.74, 6) is 1.30. The molecule has 0 radical (unpaired) electrons. The minimum Gasteiger partial charge on any atom is -0.468 e. The summed E-state index contributed by atoms with van der Waals surface area (Å²) in [7, 11) is 1.45. The van der Waals surface area contributed by atoms with Crippen LogP contribution in [0.15, 0.2) is 28.7 Å². The summed E-state index contributed by atoms with van der Waals surface area (Å²) in [4.78, 5) is 18.9. The predicted molar refractivity (Wildman–Crippen MR) is 91.5 cm³/mol. The first-order chi connectivity index (χ1) is 11.6. The average molecular weight is 328 g/mol. The maximum Gasteiger partial charge on any atom is 0.323 e. The van der Waals surface area contributed by atoms with Gasteiger partial charge in [-0.05, 0) is 44.9 Å². The lowest BCUT2D eigenvalue weighted by Gasteiger charge is -2.33. The van der Waals surface area contributed by atoms with E-state index in [0.717, 1.165) is 48.4 Å². The Labute approximate surface area is 142 Å². The maximum atomic E-state index is 12.0. The Balaban J connectivity index is 1.83. The molecule has 0 saturated carbocycles. The highest BCUT2D eigenvalue weighted by Crippen LogP contribution is 2.27. The number of ether oxygens (including phenoxy) is 1. The molecule has 1 fully saturated rings. The first-order valence-electron chi connectivity index (χ1n) is 8.44.